The highest BCUT2D eigenvalue weighted by Crippen LogP contribution is 2.07. The maximum absolute atomic E-state index is 11.1. The Morgan fingerprint density at radius 3 is 2.92 bits per heavy atom. The monoisotopic (exact) mass is 225 g/mol. The normalized spacial score (nSPS) is 25.5. The van der Waals surface area contributed by atoms with Gasteiger partial charge in [0.2, 0.25) is 0 Å². The van der Waals surface area contributed by atoms with Crippen molar-refractivity contribution in [2.75, 3.05) is 31.9 Å². The van der Waals surface area contributed by atoms with Gasteiger partial charge in [0.05, 0.1) is 12.3 Å². The average molecular weight is 226 g/mol. The van der Waals surface area contributed by atoms with Crippen LogP contribution in [0, 0.1) is 0 Å². The molecule has 2 aliphatic heterocycles. The first-order valence-corrected chi connectivity index (χ1v) is 5.55. The van der Waals surface area contributed by atoms with Gasteiger partial charge in [-0.2, -0.15) is 0 Å². The van der Waals surface area contributed by atoms with Crippen molar-refractivity contribution in [1.82, 2.24) is 10.2 Å². The summed E-state index contributed by atoms with van der Waals surface area (Å²) in [5.41, 5.74) is 0. The summed E-state index contributed by atoms with van der Waals surface area (Å²) in [4.78, 5) is 2.03. The Morgan fingerprint density at radius 2 is 2.15 bits per heavy atom. The second-order valence-corrected chi connectivity index (χ2v) is 4.71. The number of rotatable bonds is 0. The second-order valence-electron chi connectivity index (χ2n) is 2.96. The molecule has 0 radical (unpaired) electrons. The Bertz CT molecular complexity index is 314. The van der Waals surface area contributed by atoms with E-state index in [9.17, 15) is 8.42 Å². The molecular formula is C6H12ClN3O2S. The molecule has 2 rings (SSSR count). The van der Waals surface area contributed by atoms with E-state index in [0.29, 0.717) is 18.9 Å². The number of nitrogens with zero attached hydrogens (tertiary/aromatic N) is 2. The fourth-order valence-electron chi connectivity index (χ4n) is 1.42. The minimum Gasteiger partial charge on any atom is -0.356 e. The lowest BCUT2D eigenvalue weighted by atomic mass is 10.3. The summed E-state index contributed by atoms with van der Waals surface area (Å²) < 4.78 is 25.8. The molecule has 0 aromatic rings. The zero-order valence-corrected chi connectivity index (χ0v) is 8.70. The predicted molar refractivity (Wildman–Crippen MR) is 52.9 cm³/mol. The van der Waals surface area contributed by atoms with E-state index in [2.05, 4.69) is 9.71 Å². The molecule has 0 aromatic carbocycles. The van der Waals surface area contributed by atoms with E-state index in [1.165, 1.54) is 0 Å². The molecule has 76 valence electrons. The lowest BCUT2D eigenvalue weighted by Crippen LogP contribution is -2.51. The molecule has 1 saturated heterocycles. The van der Waals surface area contributed by atoms with E-state index in [0.717, 1.165) is 13.1 Å². The summed E-state index contributed by atoms with van der Waals surface area (Å²) in [7, 11) is -3.15. The number of piperazine rings is 1. The van der Waals surface area contributed by atoms with E-state index in [1.54, 1.807) is 0 Å². The van der Waals surface area contributed by atoms with Crippen LogP contribution in [0.15, 0.2) is 4.40 Å². The fourth-order valence-corrected chi connectivity index (χ4v) is 2.46. The van der Waals surface area contributed by atoms with Crippen molar-refractivity contribution in [1.29, 1.82) is 0 Å². The first kappa shape index (κ1) is 10.7. The van der Waals surface area contributed by atoms with Gasteiger partial charge in [0, 0.05) is 19.6 Å². The van der Waals surface area contributed by atoms with Gasteiger partial charge in [0.15, 0.2) is 0 Å². The van der Waals surface area contributed by atoms with Crippen molar-refractivity contribution in [2.45, 2.75) is 0 Å². The highest BCUT2D eigenvalue weighted by atomic mass is 35.5. The quantitative estimate of drug-likeness (QED) is 0.578. The Labute approximate surface area is 83.7 Å². The van der Waals surface area contributed by atoms with Crippen molar-refractivity contribution < 1.29 is 8.42 Å². The van der Waals surface area contributed by atoms with Gasteiger partial charge in [-0.05, 0) is 0 Å². The van der Waals surface area contributed by atoms with Crippen LogP contribution < -0.4 is 5.32 Å². The minimum absolute atomic E-state index is 0. The molecule has 1 N–H and O–H groups in total. The Morgan fingerprint density at radius 1 is 1.38 bits per heavy atom. The first-order valence-electron chi connectivity index (χ1n) is 3.94. The van der Waals surface area contributed by atoms with Gasteiger partial charge in [-0.1, -0.05) is 0 Å². The summed E-state index contributed by atoms with van der Waals surface area (Å²) in [5, 5.41) is 3.08. The number of halogens is 1. The molecule has 0 unspecified atom stereocenters. The topological polar surface area (TPSA) is 61.8 Å². The van der Waals surface area contributed by atoms with Crippen LogP contribution in [0.1, 0.15) is 0 Å². The molecule has 13 heavy (non-hydrogen) atoms. The van der Waals surface area contributed by atoms with E-state index in [4.69, 9.17) is 0 Å². The largest absolute Gasteiger partial charge is 0.356 e. The lowest BCUT2D eigenvalue weighted by Gasteiger charge is -2.32. The standard InChI is InChI=1S/C6H11N3O2S.ClH/c10-12(11)4-3-9-2-1-7-5-6(9)8-12;/h7H,1-5H2;1H. The van der Waals surface area contributed by atoms with Crippen LogP contribution in [0.4, 0.5) is 0 Å². The van der Waals surface area contributed by atoms with Gasteiger partial charge in [0.25, 0.3) is 10.0 Å². The molecule has 0 atom stereocenters. The van der Waals surface area contributed by atoms with Crippen molar-refractivity contribution in [3.8, 4) is 0 Å². The third kappa shape index (κ3) is 2.32. The number of hydrogen-bond donors (Lipinski definition) is 1. The Kier molecular flexibility index (Phi) is 3.15. The summed E-state index contributed by atoms with van der Waals surface area (Å²) in [6, 6.07) is 0. The highest BCUT2D eigenvalue weighted by Gasteiger charge is 2.25. The van der Waals surface area contributed by atoms with Gasteiger partial charge in [-0.15, -0.1) is 16.8 Å². The van der Waals surface area contributed by atoms with Crippen LogP contribution in [-0.2, 0) is 10.0 Å². The molecule has 2 aliphatic rings. The smallest absolute Gasteiger partial charge is 0.256 e. The van der Waals surface area contributed by atoms with Crippen molar-refractivity contribution >= 4 is 28.3 Å². The lowest BCUT2D eigenvalue weighted by molar-refractivity contribution is 0.392. The summed E-state index contributed by atoms with van der Waals surface area (Å²) in [6.07, 6.45) is 0. The maximum atomic E-state index is 11.1. The molecule has 0 saturated carbocycles. The molecule has 0 bridgehead atoms. The van der Waals surface area contributed by atoms with Crippen molar-refractivity contribution in [3.63, 3.8) is 0 Å². The summed E-state index contributed by atoms with van der Waals surface area (Å²) >= 11 is 0. The number of amidine groups is 1. The van der Waals surface area contributed by atoms with Crippen molar-refractivity contribution in [2.24, 2.45) is 4.40 Å². The zero-order chi connectivity index (χ0) is 8.60. The van der Waals surface area contributed by atoms with Gasteiger partial charge in [0.1, 0.15) is 5.84 Å². The average Bonchev–Trinajstić information content (AvgIpc) is 2.02. The molecule has 0 aliphatic carbocycles. The zero-order valence-electron chi connectivity index (χ0n) is 7.06. The number of sulfonamides is 1. The first-order chi connectivity index (χ1) is 5.67. The molecule has 0 aromatic heterocycles. The van der Waals surface area contributed by atoms with E-state index in [1.807, 2.05) is 4.90 Å². The molecule has 0 amide bonds. The molecule has 1 fully saturated rings. The van der Waals surface area contributed by atoms with Gasteiger partial charge in [-0.3, -0.25) is 0 Å². The number of nitrogens with one attached hydrogen (secondary N) is 1. The number of hydrogen-bond acceptors (Lipinski definition) is 4. The van der Waals surface area contributed by atoms with Gasteiger partial charge in [-0.25, -0.2) is 8.42 Å². The maximum Gasteiger partial charge on any atom is 0.256 e. The van der Waals surface area contributed by atoms with Crippen LogP contribution in [-0.4, -0.2) is 51.1 Å². The Hall–Kier alpha value is -0.330. The SMILES string of the molecule is Cl.O=S1(=O)CCN2CCNCC2=N1. The fraction of sp³-hybridized carbons (Fsp3) is 0.833. The summed E-state index contributed by atoms with van der Waals surface area (Å²) in [6.45, 7) is 2.97. The molecular weight excluding hydrogens is 214 g/mol. The van der Waals surface area contributed by atoms with E-state index >= 15 is 0 Å². The second kappa shape index (κ2) is 3.81. The molecule has 5 nitrogen and oxygen atoms in total. The van der Waals surface area contributed by atoms with Crippen LogP contribution in [0.25, 0.3) is 0 Å². The molecule has 7 heteroatoms. The van der Waals surface area contributed by atoms with Gasteiger partial charge < -0.3 is 10.2 Å². The third-order valence-corrected chi connectivity index (χ3v) is 3.26. The number of fused-ring (bicyclic) bond motifs is 1. The van der Waals surface area contributed by atoms with Crippen LogP contribution in [0.2, 0.25) is 0 Å². The Balaban J connectivity index is 0.000000845. The highest BCUT2D eigenvalue weighted by molar-refractivity contribution is 7.90. The molecule has 0 spiro atoms. The third-order valence-electron chi connectivity index (χ3n) is 2.07. The minimum atomic E-state index is -3.15. The predicted octanol–water partition coefficient (Wildman–Crippen LogP) is -0.945. The van der Waals surface area contributed by atoms with Crippen LogP contribution >= 0.6 is 12.4 Å². The summed E-state index contributed by atoms with van der Waals surface area (Å²) in [5.74, 6) is 0.837. The van der Waals surface area contributed by atoms with E-state index in [-0.39, 0.29) is 18.2 Å². The van der Waals surface area contributed by atoms with Crippen LogP contribution in [0.5, 0.6) is 0 Å². The van der Waals surface area contributed by atoms with Crippen molar-refractivity contribution in [3.05, 3.63) is 0 Å². The molecule has 2 heterocycles. The van der Waals surface area contributed by atoms with Gasteiger partial charge >= 0.3 is 0 Å². The van der Waals surface area contributed by atoms with Crippen LogP contribution in [0.3, 0.4) is 0 Å². The van der Waals surface area contributed by atoms with E-state index < -0.39 is 10.0 Å².